The van der Waals surface area contributed by atoms with E-state index in [-0.39, 0.29) is 5.91 Å². The number of likely N-dealkylation sites (tertiary alicyclic amines) is 1. The van der Waals surface area contributed by atoms with Gasteiger partial charge in [0.1, 0.15) is 4.88 Å². The standard InChI is InChI=1S/C17H26N2OS/c1-12(2)16-18-11-15(21-16)17(20)19-10-6-5-8-13-7-3-4-9-14(13)19/h11-14H,3-10H2,1-2H3/t13-,14+/m1/s1. The third kappa shape index (κ3) is 3.15. The van der Waals surface area contributed by atoms with Crippen molar-refractivity contribution in [1.29, 1.82) is 0 Å². The van der Waals surface area contributed by atoms with Gasteiger partial charge in [-0.1, -0.05) is 33.1 Å². The van der Waals surface area contributed by atoms with Crippen LogP contribution in [0.4, 0.5) is 0 Å². The molecule has 1 aliphatic heterocycles. The fourth-order valence-corrected chi connectivity index (χ4v) is 4.71. The molecule has 3 nitrogen and oxygen atoms in total. The molecule has 21 heavy (non-hydrogen) atoms. The lowest BCUT2D eigenvalue weighted by molar-refractivity contribution is 0.0573. The molecule has 0 spiro atoms. The molecule has 2 heterocycles. The zero-order valence-corrected chi connectivity index (χ0v) is 14.0. The van der Waals surface area contributed by atoms with Crippen molar-refractivity contribution in [2.75, 3.05) is 6.54 Å². The molecule has 1 aliphatic carbocycles. The first-order valence-electron chi connectivity index (χ1n) is 8.43. The highest BCUT2D eigenvalue weighted by Crippen LogP contribution is 2.35. The second kappa shape index (κ2) is 6.47. The number of carbonyl (C=O) groups excluding carboxylic acids is 1. The van der Waals surface area contributed by atoms with Crippen LogP contribution in [0.3, 0.4) is 0 Å². The molecule has 0 aromatic carbocycles. The summed E-state index contributed by atoms with van der Waals surface area (Å²) < 4.78 is 0. The van der Waals surface area contributed by atoms with Crippen LogP contribution in [-0.4, -0.2) is 28.4 Å². The molecule has 0 N–H and O–H groups in total. The summed E-state index contributed by atoms with van der Waals surface area (Å²) in [7, 11) is 0. The Morgan fingerprint density at radius 1 is 1.24 bits per heavy atom. The maximum atomic E-state index is 12.9. The summed E-state index contributed by atoms with van der Waals surface area (Å²) in [5.74, 6) is 1.38. The molecule has 2 fully saturated rings. The van der Waals surface area contributed by atoms with E-state index in [1.807, 2.05) is 0 Å². The van der Waals surface area contributed by atoms with Gasteiger partial charge in [0, 0.05) is 18.5 Å². The van der Waals surface area contributed by atoms with Crippen molar-refractivity contribution < 1.29 is 4.79 Å². The number of fused-ring (bicyclic) bond motifs is 1. The topological polar surface area (TPSA) is 33.2 Å². The molecule has 0 unspecified atom stereocenters. The van der Waals surface area contributed by atoms with Crippen LogP contribution in [0, 0.1) is 5.92 Å². The fraction of sp³-hybridized carbons (Fsp3) is 0.765. The molecule has 1 amide bonds. The molecule has 1 aromatic heterocycles. The molecular formula is C17H26N2OS. The molecule has 2 aliphatic rings. The van der Waals surface area contributed by atoms with E-state index in [1.165, 1.54) is 38.5 Å². The van der Waals surface area contributed by atoms with Crippen molar-refractivity contribution in [2.45, 2.75) is 70.8 Å². The maximum absolute atomic E-state index is 12.9. The molecule has 116 valence electrons. The van der Waals surface area contributed by atoms with E-state index < -0.39 is 0 Å². The highest BCUT2D eigenvalue weighted by molar-refractivity contribution is 7.13. The predicted molar refractivity (Wildman–Crippen MR) is 86.8 cm³/mol. The number of amides is 1. The van der Waals surface area contributed by atoms with Crippen molar-refractivity contribution in [2.24, 2.45) is 5.92 Å². The van der Waals surface area contributed by atoms with E-state index in [9.17, 15) is 4.79 Å². The van der Waals surface area contributed by atoms with Gasteiger partial charge in [-0.3, -0.25) is 4.79 Å². The monoisotopic (exact) mass is 306 g/mol. The Hall–Kier alpha value is -0.900. The lowest BCUT2D eigenvalue weighted by Gasteiger charge is -2.38. The molecular weight excluding hydrogens is 280 g/mol. The zero-order chi connectivity index (χ0) is 14.8. The van der Waals surface area contributed by atoms with Crippen LogP contribution in [0.15, 0.2) is 6.20 Å². The predicted octanol–water partition coefficient (Wildman–Crippen LogP) is 4.45. The Labute approximate surface area is 131 Å². The minimum atomic E-state index is 0.234. The SMILES string of the molecule is CC(C)c1ncc(C(=O)N2CCCC[C@H]3CCCC[C@@H]32)s1. The highest BCUT2D eigenvalue weighted by Gasteiger charge is 2.35. The minimum Gasteiger partial charge on any atom is -0.335 e. The van der Waals surface area contributed by atoms with Crippen LogP contribution >= 0.6 is 11.3 Å². The van der Waals surface area contributed by atoms with Gasteiger partial charge in [-0.15, -0.1) is 11.3 Å². The molecule has 4 heteroatoms. The minimum absolute atomic E-state index is 0.234. The summed E-state index contributed by atoms with van der Waals surface area (Å²) in [4.78, 5) is 20.4. The summed E-state index contributed by atoms with van der Waals surface area (Å²) in [6.07, 6.45) is 10.7. The molecule has 0 bridgehead atoms. The lowest BCUT2D eigenvalue weighted by Crippen LogP contribution is -2.44. The largest absolute Gasteiger partial charge is 0.335 e. The average Bonchev–Trinajstić information content (AvgIpc) is 2.88. The Morgan fingerprint density at radius 2 is 1.95 bits per heavy atom. The quantitative estimate of drug-likeness (QED) is 0.808. The third-order valence-corrected chi connectivity index (χ3v) is 6.27. The number of aromatic nitrogens is 1. The van der Waals surface area contributed by atoms with Gasteiger partial charge >= 0.3 is 0 Å². The average molecular weight is 306 g/mol. The summed E-state index contributed by atoms with van der Waals surface area (Å²) in [5, 5.41) is 1.08. The van der Waals surface area contributed by atoms with Crippen LogP contribution in [0.5, 0.6) is 0 Å². The first kappa shape index (κ1) is 15.0. The zero-order valence-electron chi connectivity index (χ0n) is 13.2. The molecule has 2 atom stereocenters. The first-order chi connectivity index (χ1) is 10.2. The van der Waals surface area contributed by atoms with E-state index in [4.69, 9.17) is 0 Å². The maximum Gasteiger partial charge on any atom is 0.265 e. The summed E-state index contributed by atoms with van der Waals surface area (Å²) >= 11 is 1.59. The van der Waals surface area contributed by atoms with E-state index in [2.05, 4.69) is 23.7 Å². The summed E-state index contributed by atoms with van der Waals surface area (Å²) in [5.41, 5.74) is 0. The second-order valence-corrected chi connectivity index (χ2v) is 7.89. The van der Waals surface area contributed by atoms with Crippen LogP contribution in [0.1, 0.15) is 79.4 Å². The normalized spacial score (nSPS) is 26.5. The van der Waals surface area contributed by atoms with Crippen molar-refractivity contribution in [3.63, 3.8) is 0 Å². The van der Waals surface area contributed by atoms with Gasteiger partial charge < -0.3 is 4.90 Å². The molecule has 1 aromatic rings. The fourth-order valence-electron chi connectivity index (χ4n) is 3.84. The van der Waals surface area contributed by atoms with Crippen LogP contribution in [-0.2, 0) is 0 Å². The number of hydrogen-bond donors (Lipinski definition) is 0. The van der Waals surface area contributed by atoms with Gasteiger partial charge in [0.25, 0.3) is 5.91 Å². The van der Waals surface area contributed by atoms with Crippen molar-refractivity contribution in [3.8, 4) is 0 Å². The Balaban J connectivity index is 1.80. The van der Waals surface area contributed by atoms with Gasteiger partial charge in [-0.25, -0.2) is 4.98 Å². The number of thiazole rings is 1. The van der Waals surface area contributed by atoms with Crippen LogP contribution < -0.4 is 0 Å². The van der Waals surface area contributed by atoms with Gasteiger partial charge in [-0.05, 0) is 31.6 Å². The van der Waals surface area contributed by atoms with Crippen molar-refractivity contribution >= 4 is 17.2 Å². The third-order valence-electron chi connectivity index (χ3n) is 4.98. The Morgan fingerprint density at radius 3 is 2.67 bits per heavy atom. The number of rotatable bonds is 2. The highest BCUT2D eigenvalue weighted by atomic mass is 32.1. The smallest absolute Gasteiger partial charge is 0.265 e. The Bertz CT molecular complexity index is 497. The van der Waals surface area contributed by atoms with Crippen LogP contribution in [0.25, 0.3) is 0 Å². The number of nitrogens with zero attached hydrogens (tertiary/aromatic N) is 2. The Kier molecular flexibility index (Phi) is 4.63. The number of carbonyl (C=O) groups is 1. The number of hydrogen-bond acceptors (Lipinski definition) is 3. The molecule has 3 rings (SSSR count). The van der Waals surface area contributed by atoms with Gasteiger partial charge in [0.2, 0.25) is 0 Å². The van der Waals surface area contributed by atoms with E-state index in [0.717, 1.165) is 28.8 Å². The lowest BCUT2D eigenvalue weighted by atomic mass is 9.81. The van der Waals surface area contributed by atoms with E-state index >= 15 is 0 Å². The van der Waals surface area contributed by atoms with E-state index in [0.29, 0.717) is 12.0 Å². The van der Waals surface area contributed by atoms with Gasteiger partial charge in [0.05, 0.1) is 11.2 Å². The van der Waals surface area contributed by atoms with E-state index in [1.54, 1.807) is 17.5 Å². The molecule has 0 radical (unpaired) electrons. The van der Waals surface area contributed by atoms with Gasteiger partial charge in [0.15, 0.2) is 0 Å². The summed E-state index contributed by atoms with van der Waals surface area (Å²) in [6, 6.07) is 0.485. The molecule has 1 saturated carbocycles. The second-order valence-electron chi connectivity index (χ2n) is 6.82. The van der Waals surface area contributed by atoms with Crippen molar-refractivity contribution in [1.82, 2.24) is 9.88 Å². The molecule has 1 saturated heterocycles. The van der Waals surface area contributed by atoms with Crippen molar-refractivity contribution in [3.05, 3.63) is 16.1 Å². The van der Waals surface area contributed by atoms with Gasteiger partial charge in [-0.2, -0.15) is 0 Å². The van der Waals surface area contributed by atoms with Crippen LogP contribution in [0.2, 0.25) is 0 Å². The first-order valence-corrected chi connectivity index (χ1v) is 9.25. The summed E-state index contributed by atoms with van der Waals surface area (Å²) in [6.45, 7) is 5.21.